The van der Waals surface area contributed by atoms with E-state index in [1.165, 1.54) is 0 Å². The molecule has 0 aliphatic heterocycles. The second-order valence-corrected chi connectivity index (χ2v) is 9.92. The van der Waals surface area contributed by atoms with E-state index in [1.807, 2.05) is 61.5 Å². The van der Waals surface area contributed by atoms with Gasteiger partial charge in [-0.3, -0.25) is 4.79 Å². The third-order valence-electron chi connectivity index (χ3n) is 5.50. The largest absolute Gasteiger partial charge is 0.496 e. The Hall–Kier alpha value is -3.91. The highest BCUT2D eigenvalue weighted by Crippen LogP contribution is 2.32. The standard InChI is InChI=1S/C26H25N3O4S/c1-18(19-13-15-21(16-14-19)34(3,31)32)27-26(30)23-17-29(20-9-5-4-6-10-20)28-25(23)22-11-7-8-12-24(22)33-2/h4-18H,1-3H3,(H,27,30). The van der Waals surface area contributed by atoms with Crippen LogP contribution in [0.15, 0.2) is 90.0 Å². The molecule has 4 aromatic rings. The van der Waals surface area contributed by atoms with E-state index in [-0.39, 0.29) is 16.8 Å². The number of aromatic nitrogens is 2. The van der Waals surface area contributed by atoms with Gasteiger partial charge in [0.15, 0.2) is 9.84 Å². The molecule has 1 aromatic heterocycles. The highest BCUT2D eigenvalue weighted by atomic mass is 32.2. The predicted octanol–water partition coefficient (Wildman–Crippen LogP) is 4.44. The van der Waals surface area contributed by atoms with Gasteiger partial charge in [-0.2, -0.15) is 5.10 Å². The van der Waals surface area contributed by atoms with Crippen molar-refractivity contribution in [1.82, 2.24) is 15.1 Å². The maximum absolute atomic E-state index is 13.4. The minimum absolute atomic E-state index is 0.234. The van der Waals surface area contributed by atoms with Crippen molar-refractivity contribution in [2.24, 2.45) is 0 Å². The van der Waals surface area contributed by atoms with Crippen LogP contribution in [0.1, 0.15) is 28.9 Å². The van der Waals surface area contributed by atoms with Gasteiger partial charge in [0.25, 0.3) is 5.91 Å². The first-order chi connectivity index (χ1) is 16.3. The number of benzene rings is 3. The Kier molecular flexibility index (Phi) is 6.51. The Labute approximate surface area is 198 Å². The number of methoxy groups -OCH3 is 1. The number of nitrogens with one attached hydrogen (secondary N) is 1. The van der Waals surface area contributed by atoms with Gasteiger partial charge < -0.3 is 10.1 Å². The Morgan fingerprint density at radius 3 is 2.26 bits per heavy atom. The molecule has 34 heavy (non-hydrogen) atoms. The molecule has 0 spiro atoms. The molecule has 3 aromatic carbocycles. The van der Waals surface area contributed by atoms with Crippen molar-refractivity contribution >= 4 is 15.7 Å². The lowest BCUT2D eigenvalue weighted by atomic mass is 10.0. The minimum Gasteiger partial charge on any atom is -0.496 e. The molecular formula is C26H25N3O4S. The molecule has 4 rings (SSSR count). The molecule has 0 bridgehead atoms. The number of carbonyl (C=O) groups is 1. The van der Waals surface area contributed by atoms with Crippen molar-refractivity contribution < 1.29 is 17.9 Å². The van der Waals surface area contributed by atoms with Gasteiger partial charge >= 0.3 is 0 Å². The van der Waals surface area contributed by atoms with Gasteiger partial charge in [0.1, 0.15) is 11.4 Å². The number of nitrogens with zero attached hydrogens (tertiary/aromatic N) is 2. The van der Waals surface area contributed by atoms with Crippen LogP contribution in [0.4, 0.5) is 0 Å². The van der Waals surface area contributed by atoms with Gasteiger partial charge in [0.2, 0.25) is 0 Å². The van der Waals surface area contributed by atoms with Crippen LogP contribution >= 0.6 is 0 Å². The lowest BCUT2D eigenvalue weighted by molar-refractivity contribution is 0.0940. The Bertz CT molecular complexity index is 1410. The highest BCUT2D eigenvalue weighted by Gasteiger charge is 2.22. The topological polar surface area (TPSA) is 90.3 Å². The Morgan fingerprint density at radius 1 is 0.971 bits per heavy atom. The van der Waals surface area contributed by atoms with Gasteiger partial charge in [-0.15, -0.1) is 0 Å². The zero-order valence-corrected chi connectivity index (χ0v) is 19.9. The molecule has 0 aliphatic carbocycles. The molecule has 7 nitrogen and oxygen atoms in total. The van der Waals surface area contributed by atoms with E-state index in [2.05, 4.69) is 5.32 Å². The van der Waals surface area contributed by atoms with Crippen LogP contribution in [-0.2, 0) is 9.84 Å². The Balaban J connectivity index is 1.69. The van der Waals surface area contributed by atoms with Crippen LogP contribution in [0.2, 0.25) is 0 Å². The molecule has 8 heteroatoms. The monoisotopic (exact) mass is 475 g/mol. The molecule has 1 N–H and O–H groups in total. The number of hydrogen-bond acceptors (Lipinski definition) is 5. The van der Waals surface area contributed by atoms with E-state index in [1.54, 1.807) is 42.3 Å². The second kappa shape index (κ2) is 9.52. The quantitative estimate of drug-likeness (QED) is 0.427. The first-order valence-electron chi connectivity index (χ1n) is 10.7. The Morgan fingerprint density at radius 2 is 1.62 bits per heavy atom. The van der Waals surface area contributed by atoms with Crippen LogP contribution in [0, 0.1) is 0 Å². The van der Waals surface area contributed by atoms with Crippen LogP contribution in [0.25, 0.3) is 16.9 Å². The van der Waals surface area contributed by atoms with Crippen LogP contribution in [0.3, 0.4) is 0 Å². The number of sulfone groups is 1. The maximum atomic E-state index is 13.4. The molecule has 0 saturated carbocycles. The van der Waals surface area contributed by atoms with E-state index in [0.29, 0.717) is 22.6 Å². The van der Waals surface area contributed by atoms with Gasteiger partial charge in [-0.05, 0) is 48.9 Å². The molecule has 1 heterocycles. The average molecular weight is 476 g/mol. The van der Waals surface area contributed by atoms with Gasteiger partial charge in [-0.25, -0.2) is 13.1 Å². The fourth-order valence-corrected chi connectivity index (χ4v) is 4.28. The summed E-state index contributed by atoms with van der Waals surface area (Å²) in [6.07, 6.45) is 2.86. The zero-order chi connectivity index (χ0) is 24.3. The average Bonchev–Trinajstić information content (AvgIpc) is 3.29. The summed E-state index contributed by atoms with van der Waals surface area (Å²) in [4.78, 5) is 13.6. The first-order valence-corrected chi connectivity index (χ1v) is 12.6. The summed E-state index contributed by atoms with van der Waals surface area (Å²) in [5.41, 5.74) is 3.21. The molecular weight excluding hydrogens is 450 g/mol. The fraction of sp³-hybridized carbons (Fsp3) is 0.154. The molecule has 1 amide bonds. The van der Waals surface area contributed by atoms with Crippen molar-refractivity contribution in [1.29, 1.82) is 0 Å². The summed E-state index contributed by atoms with van der Waals surface area (Å²) < 4.78 is 30.6. The molecule has 1 unspecified atom stereocenters. The van der Waals surface area contributed by atoms with Crippen molar-refractivity contribution in [3.8, 4) is 22.7 Å². The van der Waals surface area contributed by atoms with Crippen molar-refractivity contribution in [2.45, 2.75) is 17.9 Å². The summed E-state index contributed by atoms with van der Waals surface area (Å²) in [5.74, 6) is 0.307. The lowest BCUT2D eigenvalue weighted by Gasteiger charge is -2.15. The molecule has 174 valence electrons. The lowest BCUT2D eigenvalue weighted by Crippen LogP contribution is -2.26. The van der Waals surface area contributed by atoms with Crippen molar-refractivity contribution in [2.75, 3.05) is 13.4 Å². The summed E-state index contributed by atoms with van der Waals surface area (Å²) in [6, 6.07) is 23.1. The van der Waals surface area contributed by atoms with Gasteiger partial charge in [-0.1, -0.05) is 42.5 Å². The number of rotatable bonds is 7. The van der Waals surface area contributed by atoms with Crippen molar-refractivity contribution in [3.63, 3.8) is 0 Å². The number of para-hydroxylation sites is 2. The number of amides is 1. The smallest absolute Gasteiger partial charge is 0.255 e. The predicted molar refractivity (Wildman–Crippen MR) is 131 cm³/mol. The van der Waals surface area contributed by atoms with Crippen LogP contribution in [-0.4, -0.2) is 37.5 Å². The van der Waals surface area contributed by atoms with E-state index in [9.17, 15) is 13.2 Å². The van der Waals surface area contributed by atoms with Crippen molar-refractivity contribution in [3.05, 3.63) is 96.2 Å². The number of ether oxygens (including phenoxy) is 1. The molecule has 0 radical (unpaired) electrons. The fourth-order valence-electron chi connectivity index (χ4n) is 3.65. The maximum Gasteiger partial charge on any atom is 0.255 e. The van der Waals surface area contributed by atoms with E-state index < -0.39 is 9.84 Å². The third-order valence-corrected chi connectivity index (χ3v) is 6.63. The van der Waals surface area contributed by atoms with Gasteiger partial charge in [0, 0.05) is 18.0 Å². The summed E-state index contributed by atoms with van der Waals surface area (Å²) in [6.45, 7) is 1.84. The van der Waals surface area contributed by atoms with Crippen LogP contribution in [0.5, 0.6) is 5.75 Å². The molecule has 0 saturated heterocycles. The number of carbonyl (C=O) groups excluding carboxylic acids is 1. The summed E-state index contributed by atoms with van der Waals surface area (Å²) in [7, 11) is -1.71. The minimum atomic E-state index is -3.29. The summed E-state index contributed by atoms with van der Waals surface area (Å²) >= 11 is 0. The zero-order valence-electron chi connectivity index (χ0n) is 19.1. The van der Waals surface area contributed by atoms with E-state index in [4.69, 9.17) is 9.84 Å². The summed E-state index contributed by atoms with van der Waals surface area (Å²) in [5, 5.41) is 7.71. The van der Waals surface area contributed by atoms with Crippen LogP contribution < -0.4 is 10.1 Å². The SMILES string of the molecule is COc1ccccc1-c1nn(-c2ccccc2)cc1C(=O)NC(C)c1ccc(S(C)(=O)=O)cc1. The third kappa shape index (κ3) is 4.87. The van der Waals surface area contributed by atoms with E-state index >= 15 is 0 Å². The van der Waals surface area contributed by atoms with E-state index in [0.717, 1.165) is 17.5 Å². The molecule has 1 atom stereocenters. The highest BCUT2D eigenvalue weighted by molar-refractivity contribution is 7.90. The molecule has 0 aliphatic rings. The first kappa shape index (κ1) is 23.3. The number of hydrogen-bond donors (Lipinski definition) is 1. The second-order valence-electron chi connectivity index (χ2n) is 7.91. The molecule has 0 fully saturated rings. The van der Waals surface area contributed by atoms with Gasteiger partial charge in [0.05, 0.1) is 29.3 Å². The normalized spacial score (nSPS) is 12.2.